The maximum absolute atomic E-state index is 13.8. The molecule has 2 aromatic carbocycles. The molecule has 2 aromatic rings. The maximum atomic E-state index is 13.8. The van der Waals surface area contributed by atoms with E-state index in [9.17, 15) is 14.0 Å². The molecule has 0 bridgehead atoms. The van der Waals surface area contributed by atoms with Crippen molar-refractivity contribution in [2.24, 2.45) is 11.0 Å². The predicted octanol–water partition coefficient (Wildman–Crippen LogP) is 4.50. The quantitative estimate of drug-likeness (QED) is 0.591. The minimum absolute atomic E-state index is 0.0157. The summed E-state index contributed by atoms with van der Waals surface area (Å²) in [4.78, 5) is 24.5. The molecule has 0 aromatic heterocycles. The van der Waals surface area contributed by atoms with Crippen LogP contribution in [0.25, 0.3) is 0 Å². The van der Waals surface area contributed by atoms with Crippen LogP contribution >= 0.6 is 0 Å². The summed E-state index contributed by atoms with van der Waals surface area (Å²) in [6, 6.07) is 12.9. The third kappa shape index (κ3) is 5.03. The number of benzene rings is 2. The molecule has 0 saturated heterocycles. The van der Waals surface area contributed by atoms with E-state index in [0.717, 1.165) is 31.2 Å². The summed E-state index contributed by atoms with van der Waals surface area (Å²) in [5.74, 6) is -1.09. The average Bonchev–Trinajstić information content (AvgIpc) is 2.72. The van der Waals surface area contributed by atoms with Gasteiger partial charge in [0.15, 0.2) is 0 Å². The molecule has 2 N–H and O–H groups in total. The number of amides is 2. The first-order chi connectivity index (χ1) is 13.5. The Kier molecular flexibility index (Phi) is 6.53. The van der Waals surface area contributed by atoms with E-state index in [1.807, 2.05) is 6.07 Å². The third-order valence-electron chi connectivity index (χ3n) is 4.97. The molecule has 0 atom stereocenters. The van der Waals surface area contributed by atoms with Gasteiger partial charge in [-0.25, -0.2) is 9.82 Å². The first-order valence-corrected chi connectivity index (χ1v) is 9.55. The van der Waals surface area contributed by atoms with Crippen molar-refractivity contribution in [1.29, 1.82) is 0 Å². The highest BCUT2D eigenvalue weighted by Crippen LogP contribution is 2.23. The summed E-state index contributed by atoms with van der Waals surface area (Å²) < 4.78 is 13.8. The van der Waals surface area contributed by atoms with Crippen LogP contribution in [0, 0.1) is 11.7 Å². The van der Waals surface area contributed by atoms with Crippen LogP contribution in [0.5, 0.6) is 0 Å². The molecule has 146 valence electrons. The van der Waals surface area contributed by atoms with Crippen molar-refractivity contribution in [3.8, 4) is 0 Å². The van der Waals surface area contributed by atoms with E-state index < -0.39 is 11.7 Å². The van der Waals surface area contributed by atoms with Crippen LogP contribution in [0.4, 0.5) is 10.1 Å². The van der Waals surface area contributed by atoms with Gasteiger partial charge in [-0.1, -0.05) is 43.5 Å². The molecule has 1 fully saturated rings. The van der Waals surface area contributed by atoms with E-state index in [0.29, 0.717) is 11.4 Å². The van der Waals surface area contributed by atoms with Crippen LogP contribution in [0.1, 0.15) is 54.9 Å². The minimum Gasteiger partial charge on any atom is -0.322 e. The first kappa shape index (κ1) is 19.7. The van der Waals surface area contributed by atoms with E-state index in [1.54, 1.807) is 31.2 Å². The molecule has 1 aliphatic carbocycles. The fourth-order valence-electron chi connectivity index (χ4n) is 3.33. The zero-order valence-corrected chi connectivity index (χ0v) is 15.9. The molecule has 1 aliphatic rings. The molecular weight excluding hydrogens is 357 g/mol. The van der Waals surface area contributed by atoms with Crippen molar-refractivity contribution >= 4 is 23.2 Å². The Labute approximate surface area is 164 Å². The van der Waals surface area contributed by atoms with Gasteiger partial charge in [0.25, 0.3) is 5.91 Å². The van der Waals surface area contributed by atoms with Gasteiger partial charge in [-0.15, -0.1) is 0 Å². The highest BCUT2D eigenvalue weighted by Gasteiger charge is 2.20. The second-order valence-corrected chi connectivity index (χ2v) is 7.02. The van der Waals surface area contributed by atoms with Crippen molar-refractivity contribution in [3.05, 3.63) is 65.5 Å². The van der Waals surface area contributed by atoms with E-state index in [2.05, 4.69) is 15.8 Å². The van der Waals surface area contributed by atoms with Crippen molar-refractivity contribution < 1.29 is 14.0 Å². The summed E-state index contributed by atoms with van der Waals surface area (Å²) in [7, 11) is 0. The van der Waals surface area contributed by atoms with Crippen molar-refractivity contribution in [1.82, 2.24) is 5.43 Å². The van der Waals surface area contributed by atoms with Gasteiger partial charge >= 0.3 is 0 Å². The van der Waals surface area contributed by atoms with Gasteiger partial charge in [0, 0.05) is 11.6 Å². The number of hydrogen-bond donors (Lipinski definition) is 2. The van der Waals surface area contributed by atoms with Gasteiger partial charge in [0.05, 0.1) is 11.3 Å². The Bertz CT molecular complexity index is 889. The second-order valence-electron chi connectivity index (χ2n) is 7.02. The summed E-state index contributed by atoms with van der Waals surface area (Å²) in [6.07, 6.45) is 5.20. The number of nitrogens with zero attached hydrogens (tertiary/aromatic N) is 1. The molecule has 0 spiro atoms. The lowest BCUT2D eigenvalue weighted by Gasteiger charge is -2.19. The van der Waals surface area contributed by atoms with E-state index >= 15 is 0 Å². The number of rotatable bonds is 5. The molecule has 1 saturated carbocycles. The Hall–Kier alpha value is -3.02. The van der Waals surface area contributed by atoms with Gasteiger partial charge in [0.1, 0.15) is 5.82 Å². The van der Waals surface area contributed by atoms with Gasteiger partial charge in [-0.05, 0) is 49.6 Å². The van der Waals surface area contributed by atoms with E-state index in [-0.39, 0.29) is 17.4 Å². The molecule has 0 unspecified atom stereocenters. The molecule has 28 heavy (non-hydrogen) atoms. The monoisotopic (exact) mass is 381 g/mol. The number of nitrogens with one attached hydrogen (secondary N) is 2. The largest absolute Gasteiger partial charge is 0.322 e. The molecule has 5 nitrogen and oxygen atoms in total. The topological polar surface area (TPSA) is 70.6 Å². The van der Waals surface area contributed by atoms with Gasteiger partial charge in [0.2, 0.25) is 5.91 Å². The summed E-state index contributed by atoms with van der Waals surface area (Å²) in [5, 5.41) is 6.90. The predicted molar refractivity (Wildman–Crippen MR) is 108 cm³/mol. The smallest absolute Gasteiger partial charge is 0.258 e. The second kappa shape index (κ2) is 9.26. The van der Waals surface area contributed by atoms with Crippen LogP contribution in [0.3, 0.4) is 0 Å². The fraction of sp³-hybridized carbons (Fsp3) is 0.318. The summed E-state index contributed by atoms with van der Waals surface area (Å²) >= 11 is 0. The molecule has 0 radical (unpaired) electrons. The highest BCUT2D eigenvalue weighted by atomic mass is 19.1. The minimum atomic E-state index is -0.570. The molecule has 2 amide bonds. The molecule has 3 rings (SSSR count). The standard InChI is InChI=1S/C22H24FN3O2/c1-15(25-26-21(27)16-8-3-2-4-9-16)17-10-7-11-18(14-17)24-22(28)19-12-5-6-13-20(19)23/h5-7,10-14,16H,2-4,8-9H2,1H3,(H,24,28)(H,26,27). The Morgan fingerprint density at radius 1 is 1.04 bits per heavy atom. The molecule has 0 heterocycles. The normalized spacial score (nSPS) is 15.1. The summed E-state index contributed by atoms with van der Waals surface area (Å²) in [6.45, 7) is 1.79. The lowest BCUT2D eigenvalue weighted by molar-refractivity contribution is -0.125. The molecule has 6 heteroatoms. The number of halogens is 1. The summed E-state index contributed by atoms with van der Waals surface area (Å²) in [5.41, 5.74) is 4.56. The lowest BCUT2D eigenvalue weighted by atomic mass is 9.89. The van der Waals surface area contributed by atoms with Crippen molar-refractivity contribution in [2.75, 3.05) is 5.32 Å². The number of hydrogen-bond acceptors (Lipinski definition) is 3. The maximum Gasteiger partial charge on any atom is 0.258 e. The Morgan fingerprint density at radius 3 is 2.54 bits per heavy atom. The van der Waals surface area contributed by atoms with Crippen LogP contribution in [-0.4, -0.2) is 17.5 Å². The van der Waals surface area contributed by atoms with Gasteiger partial charge < -0.3 is 5.32 Å². The van der Waals surface area contributed by atoms with Crippen LogP contribution in [-0.2, 0) is 4.79 Å². The highest BCUT2D eigenvalue weighted by molar-refractivity contribution is 6.05. The van der Waals surface area contributed by atoms with Gasteiger partial charge in [-0.2, -0.15) is 5.10 Å². The number of anilines is 1. The zero-order valence-electron chi connectivity index (χ0n) is 15.9. The average molecular weight is 381 g/mol. The van der Waals surface area contributed by atoms with E-state index in [1.165, 1.54) is 24.6 Å². The van der Waals surface area contributed by atoms with Crippen molar-refractivity contribution in [3.63, 3.8) is 0 Å². The zero-order chi connectivity index (χ0) is 19.9. The molecular formula is C22H24FN3O2. The SMILES string of the molecule is CC(=NNC(=O)C1CCCCC1)c1cccc(NC(=O)c2ccccc2F)c1. The Morgan fingerprint density at radius 2 is 1.79 bits per heavy atom. The van der Waals surface area contributed by atoms with Crippen LogP contribution < -0.4 is 10.7 Å². The fourth-order valence-corrected chi connectivity index (χ4v) is 3.33. The third-order valence-corrected chi connectivity index (χ3v) is 4.97. The molecule has 0 aliphatic heterocycles. The first-order valence-electron chi connectivity index (χ1n) is 9.55. The number of carbonyl (C=O) groups excluding carboxylic acids is 2. The van der Waals surface area contributed by atoms with Crippen molar-refractivity contribution in [2.45, 2.75) is 39.0 Å². The van der Waals surface area contributed by atoms with E-state index in [4.69, 9.17) is 0 Å². The van der Waals surface area contributed by atoms with Gasteiger partial charge in [-0.3, -0.25) is 9.59 Å². The number of hydrazone groups is 1. The number of carbonyl (C=O) groups is 2. The van der Waals surface area contributed by atoms with Crippen LogP contribution in [0.2, 0.25) is 0 Å². The lowest BCUT2D eigenvalue weighted by Crippen LogP contribution is -2.29. The Balaban J connectivity index is 1.65. The van der Waals surface area contributed by atoms with Crippen LogP contribution in [0.15, 0.2) is 53.6 Å².